The molecule has 14 heteroatoms. The number of carbonyl (C=O) groups is 1. The van der Waals surface area contributed by atoms with Crippen LogP contribution in [0.5, 0.6) is 0 Å². The zero-order valence-corrected chi connectivity index (χ0v) is 17.8. The van der Waals surface area contributed by atoms with Gasteiger partial charge in [-0.05, 0) is 12.1 Å². The smallest absolute Gasteiger partial charge is 0.320 e. The lowest BCUT2D eigenvalue weighted by Crippen LogP contribution is -2.18. The summed E-state index contributed by atoms with van der Waals surface area (Å²) in [5, 5.41) is 23.3. The Kier molecular flexibility index (Phi) is 5.36. The fourth-order valence-electron chi connectivity index (χ4n) is 3.49. The van der Waals surface area contributed by atoms with Crippen molar-refractivity contribution in [2.75, 3.05) is 5.32 Å². The second-order valence-electron chi connectivity index (χ2n) is 7.29. The number of carbonyl (C=O) groups excluding carboxylic acids is 1. The molecule has 1 N–H and O–H groups in total. The van der Waals surface area contributed by atoms with Gasteiger partial charge in [0.1, 0.15) is 11.6 Å². The number of hydrogen-bond donors (Lipinski definition) is 1. The molecule has 0 saturated carbocycles. The van der Waals surface area contributed by atoms with Crippen molar-refractivity contribution in [2.45, 2.75) is 6.18 Å². The first-order chi connectivity index (χ1) is 17.3. The molecule has 178 valence electrons. The van der Waals surface area contributed by atoms with E-state index in [2.05, 4.69) is 30.6 Å². The molecule has 5 aromatic rings. The number of hydrogen-bond acceptors (Lipinski definition) is 7. The van der Waals surface area contributed by atoms with E-state index < -0.39 is 29.3 Å². The highest BCUT2D eigenvalue weighted by Gasteiger charge is 2.39. The van der Waals surface area contributed by atoms with E-state index in [0.717, 1.165) is 28.1 Å². The van der Waals surface area contributed by atoms with Crippen molar-refractivity contribution in [1.82, 2.24) is 34.7 Å². The molecule has 10 nitrogen and oxygen atoms in total. The summed E-state index contributed by atoms with van der Waals surface area (Å²) < 4.78 is 56.2. The third-order valence-electron chi connectivity index (χ3n) is 5.05. The number of halogens is 4. The summed E-state index contributed by atoms with van der Waals surface area (Å²) in [5.74, 6) is -1.88. The summed E-state index contributed by atoms with van der Waals surface area (Å²) >= 11 is 0. The number of anilines is 1. The molecule has 0 aliphatic heterocycles. The van der Waals surface area contributed by atoms with Gasteiger partial charge >= 0.3 is 6.18 Å². The van der Waals surface area contributed by atoms with Crippen molar-refractivity contribution in [3.63, 3.8) is 0 Å². The minimum atomic E-state index is -4.98. The van der Waals surface area contributed by atoms with Crippen molar-refractivity contribution < 1.29 is 22.4 Å². The van der Waals surface area contributed by atoms with Gasteiger partial charge in [-0.1, -0.05) is 18.2 Å². The monoisotopic (exact) mass is 493 g/mol. The fourth-order valence-corrected chi connectivity index (χ4v) is 3.49. The number of nitriles is 1. The Labute approximate surface area is 198 Å². The summed E-state index contributed by atoms with van der Waals surface area (Å²) in [7, 11) is 0. The first-order valence-corrected chi connectivity index (χ1v) is 10.0. The fraction of sp³-hybridized carbons (Fsp3) is 0.0455. The van der Waals surface area contributed by atoms with Crippen LogP contribution >= 0.6 is 0 Å². The third kappa shape index (κ3) is 3.98. The Balaban J connectivity index is 1.54. The maximum Gasteiger partial charge on any atom is 0.435 e. The van der Waals surface area contributed by atoms with Crippen molar-refractivity contribution in [3.05, 3.63) is 84.1 Å². The second-order valence-corrected chi connectivity index (χ2v) is 7.29. The van der Waals surface area contributed by atoms with Crippen LogP contribution in [0, 0.1) is 17.3 Å². The lowest BCUT2D eigenvalue weighted by Gasteiger charge is -2.08. The van der Waals surface area contributed by atoms with Crippen LogP contribution in [0.25, 0.3) is 22.3 Å². The van der Waals surface area contributed by atoms with Gasteiger partial charge in [0.2, 0.25) is 5.95 Å². The molecule has 0 saturated heterocycles. The molecule has 0 atom stereocenters. The third-order valence-corrected chi connectivity index (χ3v) is 5.05. The van der Waals surface area contributed by atoms with Crippen LogP contribution in [-0.2, 0) is 6.18 Å². The molecule has 0 fully saturated rings. The molecule has 0 unspecified atom stereocenters. The summed E-state index contributed by atoms with van der Waals surface area (Å²) in [6.07, 6.45) is 0.806. The van der Waals surface area contributed by atoms with Crippen molar-refractivity contribution in [1.29, 1.82) is 5.26 Å². The zero-order valence-electron chi connectivity index (χ0n) is 17.8. The van der Waals surface area contributed by atoms with Gasteiger partial charge in [0.15, 0.2) is 11.5 Å². The predicted molar refractivity (Wildman–Crippen MR) is 116 cm³/mol. The molecule has 5 rings (SSSR count). The number of alkyl halides is 3. The maximum atomic E-state index is 14.1. The second kappa shape index (κ2) is 8.55. The van der Waals surface area contributed by atoms with Crippen LogP contribution in [0.4, 0.5) is 23.2 Å². The molecule has 4 heterocycles. The average molecular weight is 493 g/mol. The van der Waals surface area contributed by atoms with Crippen molar-refractivity contribution in [3.8, 4) is 17.6 Å². The van der Waals surface area contributed by atoms with Gasteiger partial charge in [-0.2, -0.15) is 38.1 Å². The zero-order chi connectivity index (χ0) is 25.4. The van der Waals surface area contributed by atoms with E-state index in [4.69, 9.17) is 0 Å². The highest BCUT2D eigenvalue weighted by Crippen LogP contribution is 2.33. The quantitative estimate of drug-likeness (QED) is 0.299. The highest BCUT2D eigenvalue weighted by molar-refractivity contribution is 6.05. The van der Waals surface area contributed by atoms with Crippen LogP contribution in [0.15, 0.2) is 61.3 Å². The normalized spacial score (nSPS) is 11.4. The lowest BCUT2D eigenvalue weighted by molar-refractivity contribution is -0.141. The average Bonchev–Trinajstić information content (AvgIpc) is 3.55. The lowest BCUT2D eigenvalue weighted by atomic mass is 10.1. The topological polar surface area (TPSA) is 127 Å². The van der Waals surface area contributed by atoms with E-state index in [0.29, 0.717) is 0 Å². The van der Waals surface area contributed by atoms with Crippen LogP contribution in [0.1, 0.15) is 21.6 Å². The van der Waals surface area contributed by atoms with Crippen LogP contribution in [-0.4, -0.2) is 40.6 Å². The van der Waals surface area contributed by atoms with Crippen LogP contribution < -0.4 is 5.32 Å². The number of benzene rings is 1. The van der Waals surface area contributed by atoms with E-state index in [1.807, 2.05) is 6.07 Å². The van der Waals surface area contributed by atoms with Gasteiger partial charge < -0.3 is 5.32 Å². The number of nitrogens with one attached hydrogen (secondary N) is 1. The summed E-state index contributed by atoms with van der Waals surface area (Å²) in [6.45, 7) is 0. The number of pyridine rings is 2. The van der Waals surface area contributed by atoms with E-state index in [1.165, 1.54) is 30.6 Å². The Morgan fingerprint density at radius 1 is 1.06 bits per heavy atom. The van der Waals surface area contributed by atoms with Gasteiger partial charge in [-0.25, -0.2) is 14.6 Å². The van der Waals surface area contributed by atoms with E-state index in [9.17, 15) is 27.6 Å². The first-order valence-electron chi connectivity index (χ1n) is 10.0. The molecule has 0 spiro atoms. The van der Waals surface area contributed by atoms with Gasteiger partial charge in [0.05, 0.1) is 41.7 Å². The SMILES string of the molecule is N#Cc1cc(NC(=O)c2cn(-c3cnc(F)c4ccccc34)nc2C(F)(F)F)cnc1-n1nccn1. The van der Waals surface area contributed by atoms with Crippen molar-refractivity contribution in [2.24, 2.45) is 0 Å². The van der Waals surface area contributed by atoms with E-state index >= 15 is 0 Å². The van der Waals surface area contributed by atoms with Gasteiger partial charge in [-0.15, -0.1) is 4.80 Å². The molecule has 36 heavy (non-hydrogen) atoms. The Bertz CT molecular complexity index is 1650. The number of fused-ring (bicyclic) bond motifs is 1. The Morgan fingerprint density at radius 2 is 1.78 bits per heavy atom. The van der Waals surface area contributed by atoms with Crippen molar-refractivity contribution >= 4 is 22.4 Å². The Morgan fingerprint density at radius 3 is 2.47 bits per heavy atom. The molecule has 0 radical (unpaired) electrons. The number of rotatable bonds is 4. The highest BCUT2D eigenvalue weighted by atomic mass is 19.4. The molecule has 4 aromatic heterocycles. The molecule has 0 aliphatic rings. The summed E-state index contributed by atoms with van der Waals surface area (Å²) in [6, 6.07) is 9.14. The minimum Gasteiger partial charge on any atom is -0.320 e. The van der Waals surface area contributed by atoms with E-state index in [1.54, 1.807) is 12.1 Å². The molecule has 1 aromatic carbocycles. The molecule has 1 amide bonds. The molecular formula is C22H11F4N9O. The van der Waals surface area contributed by atoms with E-state index in [-0.39, 0.29) is 33.5 Å². The standard InChI is InChI=1S/C22H11F4N9O/c23-19-15-4-2-1-3-14(15)17(10-28-19)34-11-16(18(33-34)22(24,25)26)21(36)32-13-7-12(8-27)20(29-9-13)35-30-5-6-31-35/h1-7,9-11H,(H,32,36). The molecular weight excluding hydrogens is 482 g/mol. The summed E-state index contributed by atoms with van der Waals surface area (Å²) in [4.78, 5) is 21.6. The summed E-state index contributed by atoms with van der Waals surface area (Å²) in [5.41, 5.74) is -2.28. The van der Waals surface area contributed by atoms with Gasteiger partial charge in [0, 0.05) is 17.0 Å². The number of aromatic nitrogens is 7. The first kappa shape index (κ1) is 22.6. The Hall–Kier alpha value is -5.19. The molecule has 0 bridgehead atoms. The van der Waals surface area contributed by atoms with Gasteiger partial charge in [0.25, 0.3) is 5.91 Å². The van der Waals surface area contributed by atoms with Crippen LogP contribution in [0.2, 0.25) is 0 Å². The largest absolute Gasteiger partial charge is 0.435 e. The number of nitrogens with zero attached hydrogens (tertiary/aromatic N) is 8. The minimum absolute atomic E-state index is 0.0282. The maximum absolute atomic E-state index is 14.1. The predicted octanol–water partition coefficient (Wildman–Crippen LogP) is 3.68. The van der Waals surface area contributed by atoms with Gasteiger partial charge in [-0.3, -0.25) is 4.79 Å². The number of amides is 1. The van der Waals surface area contributed by atoms with Crippen LogP contribution in [0.3, 0.4) is 0 Å². The molecule has 0 aliphatic carbocycles.